The number of rotatable bonds is 0. The van der Waals surface area contributed by atoms with Crippen molar-refractivity contribution < 1.29 is 28.9 Å². The zero-order valence-electron chi connectivity index (χ0n) is 5.36. The van der Waals surface area contributed by atoms with E-state index < -0.39 is 18.1 Å². The fourth-order valence-electron chi connectivity index (χ4n) is 0.487. The molecule has 0 unspecified atom stereocenters. The van der Waals surface area contributed by atoms with Gasteiger partial charge in [-0.3, -0.25) is 4.79 Å². The third-order valence-electron chi connectivity index (χ3n) is 0.933. The minimum atomic E-state index is -1.32. The van der Waals surface area contributed by atoms with Gasteiger partial charge in [-0.2, -0.15) is 4.79 Å². The first-order chi connectivity index (χ1) is 5.18. The molecule has 0 amide bonds. The molecule has 0 aromatic heterocycles. The Labute approximate surface area is 60.9 Å². The van der Waals surface area contributed by atoms with E-state index in [1.54, 1.807) is 0 Å². The highest BCUT2D eigenvalue weighted by atomic mass is 17.2. The van der Waals surface area contributed by atoms with Gasteiger partial charge in [0.15, 0.2) is 0 Å². The minimum Gasteiger partial charge on any atom is -0.358 e. The Kier molecular flexibility index (Phi) is 2.05. The molecular weight excluding hydrogens is 156 g/mol. The first kappa shape index (κ1) is 7.52. The lowest BCUT2D eigenvalue weighted by molar-refractivity contribution is -0.246. The molecule has 1 rings (SSSR count). The normalized spacial score (nSPS) is 19.1. The van der Waals surface area contributed by atoms with Crippen molar-refractivity contribution in [3.05, 3.63) is 0 Å². The third-order valence-corrected chi connectivity index (χ3v) is 0.933. The van der Waals surface area contributed by atoms with Crippen molar-refractivity contribution in [3.63, 3.8) is 0 Å². The van der Waals surface area contributed by atoms with Crippen LogP contribution in [-0.2, 0) is 24.1 Å². The van der Waals surface area contributed by atoms with E-state index in [2.05, 4.69) is 14.5 Å². The van der Waals surface area contributed by atoms with Crippen LogP contribution in [-0.4, -0.2) is 18.1 Å². The molecule has 1 heterocycles. The number of carbonyl (C=O) groups excluding carboxylic acids is 3. The first-order valence-electron chi connectivity index (χ1n) is 2.80. The summed E-state index contributed by atoms with van der Waals surface area (Å²) in [6.07, 6.45) is -1.64. The first-order valence-corrected chi connectivity index (χ1v) is 2.80. The maximum atomic E-state index is 10.5. The molecule has 0 N–H and O–H groups in total. The average molecular weight is 160 g/mol. The van der Waals surface area contributed by atoms with Crippen LogP contribution >= 0.6 is 0 Å². The van der Waals surface area contributed by atoms with Crippen LogP contribution in [0, 0.1) is 0 Å². The fourth-order valence-corrected chi connectivity index (χ4v) is 0.487. The van der Waals surface area contributed by atoms with E-state index in [1.807, 2.05) is 0 Å². The Bertz CT molecular complexity index is 187. The quantitative estimate of drug-likeness (QED) is 0.280. The van der Waals surface area contributed by atoms with E-state index in [-0.39, 0.29) is 12.8 Å². The van der Waals surface area contributed by atoms with Crippen LogP contribution in [0.25, 0.3) is 0 Å². The number of esters is 1. The lowest BCUT2D eigenvalue weighted by Crippen LogP contribution is -2.21. The van der Waals surface area contributed by atoms with E-state index in [9.17, 15) is 14.4 Å². The van der Waals surface area contributed by atoms with E-state index >= 15 is 0 Å². The summed E-state index contributed by atoms with van der Waals surface area (Å²) in [7, 11) is 0. The highest BCUT2D eigenvalue weighted by Gasteiger charge is 2.20. The smallest absolute Gasteiger partial charge is 0.358 e. The molecule has 1 aliphatic rings. The van der Waals surface area contributed by atoms with Gasteiger partial charge < -0.3 is 4.74 Å². The molecule has 0 spiro atoms. The summed E-state index contributed by atoms with van der Waals surface area (Å²) >= 11 is 0. The van der Waals surface area contributed by atoms with Gasteiger partial charge in [-0.1, -0.05) is 0 Å². The van der Waals surface area contributed by atoms with Gasteiger partial charge in [-0.05, 0) is 0 Å². The fraction of sp³-hybridized carbons (Fsp3) is 0.400. The van der Waals surface area contributed by atoms with Gasteiger partial charge in [0, 0.05) is 0 Å². The topological polar surface area (TPSA) is 78.9 Å². The second-order valence-electron chi connectivity index (χ2n) is 1.76. The summed E-state index contributed by atoms with van der Waals surface area (Å²) < 4.78 is 3.96. The molecule has 1 saturated heterocycles. The van der Waals surface area contributed by atoms with Crippen molar-refractivity contribution in [1.29, 1.82) is 0 Å². The standard InChI is InChI=1S/C5H4O6/c6-3-1-2-4(7)10-11-5(8)9-3/h1-2H2. The molecule has 11 heavy (non-hydrogen) atoms. The van der Waals surface area contributed by atoms with Crippen LogP contribution in [0.3, 0.4) is 0 Å². The number of cyclic esters (lactones) is 2. The molecule has 1 fully saturated rings. The second-order valence-corrected chi connectivity index (χ2v) is 1.76. The second kappa shape index (κ2) is 3.00. The van der Waals surface area contributed by atoms with Gasteiger partial charge in [-0.15, -0.1) is 0 Å². The predicted molar refractivity (Wildman–Crippen MR) is 27.9 cm³/mol. The minimum absolute atomic E-state index is 0.147. The molecule has 0 saturated carbocycles. The summed E-state index contributed by atoms with van der Waals surface area (Å²) in [4.78, 5) is 38.7. The highest BCUT2D eigenvalue weighted by molar-refractivity contribution is 5.85. The number of hydrogen-bond acceptors (Lipinski definition) is 6. The van der Waals surface area contributed by atoms with Crippen molar-refractivity contribution in [2.75, 3.05) is 0 Å². The summed E-state index contributed by atoms with van der Waals surface area (Å²) in [6, 6.07) is 0. The zero-order chi connectivity index (χ0) is 8.27. The van der Waals surface area contributed by atoms with Gasteiger partial charge in [0.25, 0.3) is 0 Å². The lowest BCUT2D eigenvalue weighted by Gasteiger charge is -2.05. The van der Waals surface area contributed by atoms with Gasteiger partial charge in [0.1, 0.15) is 0 Å². The van der Waals surface area contributed by atoms with Crippen LogP contribution in [0.5, 0.6) is 0 Å². The van der Waals surface area contributed by atoms with Gasteiger partial charge >= 0.3 is 18.1 Å². The Morgan fingerprint density at radius 1 is 0.909 bits per heavy atom. The van der Waals surface area contributed by atoms with E-state index in [0.717, 1.165) is 0 Å². The third kappa shape index (κ3) is 2.24. The molecule has 0 aliphatic carbocycles. The van der Waals surface area contributed by atoms with Gasteiger partial charge in [0.05, 0.1) is 12.8 Å². The summed E-state index contributed by atoms with van der Waals surface area (Å²) in [6.45, 7) is 0. The summed E-state index contributed by atoms with van der Waals surface area (Å²) in [5.41, 5.74) is 0. The van der Waals surface area contributed by atoms with Crippen LogP contribution in [0.4, 0.5) is 4.79 Å². The Hall–Kier alpha value is -1.59. The van der Waals surface area contributed by atoms with Gasteiger partial charge in [0.2, 0.25) is 0 Å². The van der Waals surface area contributed by atoms with E-state index in [0.29, 0.717) is 0 Å². The molecule has 60 valence electrons. The molecular formula is C5H4O6. The van der Waals surface area contributed by atoms with Gasteiger partial charge in [-0.25, -0.2) is 14.6 Å². The maximum Gasteiger partial charge on any atom is 0.557 e. The Balaban J connectivity index is 2.53. The lowest BCUT2D eigenvalue weighted by atomic mass is 10.3. The number of hydrogen-bond donors (Lipinski definition) is 0. The van der Waals surface area contributed by atoms with E-state index in [4.69, 9.17) is 0 Å². The molecule has 6 heteroatoms. The molecule has 0 aromatic carbocycles. The molecule has 0 bridgehead atoms. The monoisotopic (exact) mass is 160 g/mol. The van der Waals surface area contributed by atoms with Crippen molar-refractivity contribution >= 4 is 18.1 Å². The number of carbonyl (C=O) groups is 3. The Morgan fingerprint density at radius 3 is 2.27 bits per heavy atom. The molecule has 0 radical (unpaired) electrons. The van der Waals surface area contributed by atoms with Crippen LogP contribution < -0.4 is 0 Å². The van der Waals surface area contributed by atoms with Crippen LogP contribution in [0.15, 0.2) is 0 Å². The number of ether oxygens (including phenoxy) is 1. The Morgan fingerprint density at radius 2 is 1.55 bits per heavy atom. The average Bonchev–Trinajstić information content (AvgIpc) is 1.95. The summed E-state index contributed by atoms with van der Waals surface area (Å²) in [5.74, 6) is -1.57. The molecule has 0 atom stereocenters. The van der Waals surface area contributed by atoms with Crippen LogP contribution in [0.2, 0.25) is 0 Å². The molecule has 0 aromatic rings. The van der Waals surface area contributed by atoms with Crippen molar-refractivity contribution in [1.82, 2.24) is 0 Å². The largest absolute Gasteiger partial charge is 0.557 e. The predicted octanol–water partition coefficient (Wildman–Crippen LogP) is -0.0818. The van der Waals surface area contributed by atoms with Crippen LogP contribution in [0.1, 0.15) is 12.8 Å². The zero-order valence-corrected chi connectivity index (χ0v) is 5.36. The van der Waals surface area contributed by atoms with Crippen molar-refractivity contribution in [2.24, 2.45) is 0 Å². The SMILES string of the molecule is O=C1CCC(=O)OC(=O)OO1. The maximum absolute atomic E-state index is 10.5. The highest BCUT2D eigenvalue weighted by Crippen LogP contribution is 2.02. The van der Waals surface area contributed by atoms with E-state index in [1.165, 1.54) is 0 Å². The van der Waals surface area contributed by atoms with Crippen molar-refractivity contribution in [2.45, 2.75) is 12.8 Å². The summed E-state index contributed by atoms with van der Waals surface area (Å²) in [5, 5.41) is 0. The molecule has 6 nitrogen and oxygen atoms in total. The molecule has 1 aliphatic heterocycles. The van der Waals surface area contributed by atoms with Crippen molar-refractivity contribution in [3.8, 4) is 0 Å².